The van der Waals surface area contributed by atoms with E-state index in [1.165, 1.54) is 0 Å². The van der Waals surface area contributed by atoms with Gasteiger partial charge in [-0.3, -0.25) is 0 Å². The van der Waals surface area contributed by atoms with Crippen molar-refractivity contribution in [2.75, 3.05) is 25.1 Å². The van der Waals surface area contributed by atoms with Gasteiger partial charge in [0.2, 0.25) is 0 Å². The van der Waals surface area contributed by atoms with Crippen LogP contribution in [0.4, 0.5) is 5.82 Å². The van der Waals surface area contributed by atoms with E-state index in [1.807, 2.05) is 13.8 Å². The third-order valence-corrected chi connectivity index (χ3v) is 2.55. The fourth-order valence-electron chi connectivity index (χ4n) is 1.35. The van der Waals surface area contributed by atoms with Crippen LogP contribution in [0.3, 0.4) is 0 Å². The van der Waals surface area contributed by atoms with Crippen LogP contribution in [0.5, 0.6) is 0 Å². The number of hydrogen-bond donors (Lipinski definition) is 3. The van der Waals surface area contributed by atoms with Gasteiger partial charge in [0, 0.05) is 31.5 Å². The second-order valence-corrected chi connectivity index (χ2v) is 4.29. The predicted octanol–water partition coefficient (Wildman–Crippen LogP) is 0.990. The molecule has 0 atom stereocenters. The Balaban J connectivity index is 2.63. The maximum Gasteiger partial charge on any atom is 0.171 e. The molecule has 6 nitrogen and oxygen atoms in total. The molecule has 0 saturated carbocycles. The number of nitrogens with zero attached hydrogens (tertiary/aromatic N) is 2. The number of hydrogen-bond acceptors (Lipinski definition) is 5. The molecule has 0 aliphatic rings. The van der Waals surface area contributed by atoms with Crippen molar-refractivity contribution in [1.82, 2.24) is 15.3 Å². The highest BCUT2D eigenvalue weighted by Crippen LogP contribution is 2.12. The van der Waals surface area contributed by atoms with Gasteiger partial charge in [0.1, 0.15) is 11.6 Å². The molecule has 0 radical (unpaired) electrons. The Bertz CT molecular complexity index is 415. The second kappa shape index (κ2) is 8.73. The SMILES string of the molecule is CCOCc1cnc(C)nc1NC(=S)NCCCO. The lowest BCUT2D eigenvalue weighted by molar-refractivity contribution is 0.134. The number of thiocarbonyl (C=S) groups is 1. The quantitative estimate of drug-likeness (QED) is 0.509. The van der Waals surface area contributed by atoms with Crippen LogP contribution >= 0.6 is 12.2 Å². The summed E-state index contributed by atoms with van der Waals surface area (Å²) in [6.45, 7) is 5.58. The number of aromatic nitrogens is 2. The molecule has 1 aromatic heterocycles. The molecule has 0 saturated heterocycles. The number of anilines is 1. The van der Waals surface area contributed by atoms with Gasteiger partial charge in [0.25, 0.3) is 0 Å². The molecule has 0 spiro atoms. The summed E-state index contributed by atoms with van der Waals surface area (Å²) in [6.07, 6.45) is 2.38. The minimum atomic E-state index is 0.137. The van der Waals surface area contributed by atoms with Crippen molar-refractivity contribution in [2.45, 2.75) is 26.9 Å². The molecular formula is C12H20N4O2S. The minimum Gasteiger partial charge on any atom is -0.396 e. The van der Waals surface area contributed by atoms with E-state index in [0.717, 1.165) is 5.56 Å². The van der Waals surface area contributed by atoms with Crippen LogP contribution in [0.15, 0.2) is 6.20 Å². The Morgan fingerprint density at radius 3 is 3.00 bits per heavy atom. The summed E-state index contributed by atoms with van der Waals surface area (Å²) in [6, 6.07) is 0. The van der Waals surface area contributed by atoms with Crippen LogP contribution in [-0.2, 0) is 11.3 Å². The molecule has 106 valence electrons. The Morgan fingerprint density at radius 1 is 1.53 bits per heavy atom. The first-order valence-electron chi connectivity index (χ1n) is 6.23. The molecule has 1 heterocycles. The fraction of sp³-hybridized carbons (Fsp3) is 0.583. The largest absolute Gasteiger partial charge is 0.396 e. The molecule has 1 aromatic rings. The van der Waals surface area contributed by atoms with Crippen LogP contribution in [0.2, 0.25) is 0 Å². The Labute approximate surface area is 118 Å². The lowest BCUT2D eigenvalue weighted by Crippen LogP contribution is -2.30. The van der Waals surface area contributed by atoms with Crippen LogP contribution in [-0.4, -0.2) is 39.9 Å². The van der Waals surface area contributed by atoms with Crippen LogP contribution in [0.1, 0.15) is 24.7 Å². The van der Waals surface area contributed by atoms with Gasteiger partial charge in [-0.2, -0.15) is 0 Å². The Hall–Kier alpha value is -1.31. The van der Waals surface area contributed by atoms with Gasteiger partial charge < -0.3 is 20.5 Å². The number of aliphatic hydroxyl groups is 1. The maximum absolute atomic E-state index is 8.71. The van der Waals surface area contributed by atoms with E-state index in [2.05, 4.69) is 20.6 Å². The third-order valence-electron chi connectivity index (χ3n) is 2.30. The summed E-state index contributed by atoms with van der Waals surface area (Å²) in [5.41, 5.74) is 0.860. The van der Waals surface area contributed by atoms with E-state index in [0.29, 0.717) is 42.9 Å². The normalized spacial score (nSPS) is 10.3. The summed E-state index contributed by atoms with van der Waals surface area (Å²) in [7, 11) is 0. The van der Waals surface area contributed by atoms with Crippen LogP contribution in [0.25, 0.3) is 0 Å². The summed E-state index contributed by atoms with van der Waals surface area (Å²) in [5, 5.41) is 15.2. The first-order chi connectivity index (χ1) is 9.17. The van der Waals surface area contributed by atoms with Crippen LogP contribution in [0, 0.1) is 6.92 Å². The zero-order valence-corrected chi connectivity index (χ0v) is 12.1. The number of aliphatic hydroxyl groups excluding tert-OH is 1. The van der Waals surface area contributed by atoms with Crippen molar-refractivity contribution in [3.05, 3.63) is 17.6 Å². The molecule has 0 aliphatic heterocycles. The second-order valence-electron chi connectivity index (χ2n) is 3.89. The zero-order valence-electron chi connectivity index (χ0n) is 11.3. The fourth-order valence-corrected chi connectivity index (χ4v) is 1.55. The summed E-state index contributed by atoms with van der Waals surface area (Å²) in [5.74, 6) is 1.32. The van der Waals surface area contributed by atoms with Gasteiger partial charge in [-0.1, -0.05) is 0 Å². The highest BCUT2D eigenvalue weighted by atomic mass is 32.1. The average molecular weight is 284 g/mol. The van der Waals surface area contributed by atoms with E-state index in [-0.39, 0.29) is 6.61 Å². The zero-order chi connectivity index (χ0) is 14.1. The monoisotopic (exact) mass is 284 g/mol. The van der Waals surface area contributed by atoms with Crippen LogP contribution < -0.4 is 10.6 Å². The van der Waals surface area contributed by atoms with Crippen molar-refractivity contribution in [3.63, 3.8) is 0 Å². The van der Waals surface area contributed by atoms with E-state index < -0.39 is 0 Å². The van der Waals surface area contributed by atoms with E-state index >= 15 is 0 Å². The maximum atomic E-state index is 8.71. The lowest BCUT2D eigenvalue weighted by atomic mass is 10.3. The lowest BCUT2D eigenvalue weighted by Gasteiger charge is -2.13. The standard InChI is InChI=1S/C12H20N4O2S/c1-3-18-8-10-7-14-9(2)15-11(10)16-12(19)13-5-4-6-17/h7,17H,3-6,8H2,1-2H3,(H2,13,14,15,16,19). The first kappa shape index (κ1) is 15.7. The third kappa shape index (κ3) is 5.91. The summed E-state index contributed by atoms with van der Waals surface area (Å²) >= 11 is 5.16. The highest BCUT2D eigenvalue weighted by Gasteiger charge is 2.07. The van der Waals surface area contributed by atoms with Crippen molar-refractivity contribution in [2.24, 2.45) is 0 Å². The number of aryl methyl sites for hydroxylation is 1. The average Bonchev–Trinajstić information content (AvgIpc) is 2.38. The van der Waals surface area contributed by atoms with Gasteiger partial charge >= 0.3 is 0 Å². The topological polar surface area (TPSA) is 79.3 Å². The number of ether oxygens (including phenoxy) is 1. The highest BCUT2D eigenvalue weighted by molar-refractivity contribution is 7.80. The molecule has 0 amide bonds. The molecule has 0 aliphatic carbocycles. The van der Waals surface area contributed by atoms with Crippen molar-refractivity contribution in [1.29, 1.82) is 0 Å². The smallest absolute Gasteiger partial charge is 0.171 e. The molecule has 3 N–H and O–H groups in total. The number of nitrogens with one attached hydrogen (secondary N) is 2. The first-order valence-corrected chi connectivity index (χ1v) is 6.64. The van der Waals surface area contributed by atoms with Gasteiger partial charge in [-0.15, -0.1) is 0 Å². The van der Waals surface area contributed by atoms with Crippen molar-refractivity contribution >= 4 is 23.1 Å². The molecule has 0 aromatic carbocycles. The van der Waals surface area contributed by atoms with Crippen molar-refractivity contribution in [3.8, 4) is 0 Å². The predicted molar refractivity (Wildman–Crippen MR) is 78.0 cm³/mol. The minimum absolute atomic E-state index is 0.137. The van der Waals surface area contributed by atoms with Gasteiger partial charge in [-0.05, 0) is 32.5 Å². The van der Waals surface area contributed by atoms with E-state index in [4.69, 9.17) is 22.1 Å². The van der Waals surface area contributed by atoms with Gasteiger partial charge in [0.15, 0.2) is 5.11 Å². The van der Waals surface area contributed by atoms with Gasteiger partial charge in [0.05, 0.1) is 6.61 Å². The molecule has 0 bridgehead atoms. The van der Waals surface area contributed by atoms with Crippen molar-refractivity contribution < 1.29 is 9.84 Å². The van der Waals surface area contributed by atoms with E-state index in [1.54, 1.807) is 6.20 Å². The Kier molecular flexibility index (Phi) is 7.24. The molecule has 1 rings (SSSR count). The summed E-state index contributed by atoms with van der Waals surface area (Å²) in [4.78, 5) is 8.46. The number of rotatable bonds is 7. The molecule has 7 heteroatoms. The molecule has 0 unspecified atom stereocenters. The molecule has 0 fully saturated rings. The van der Waals surface area contributed by atoms with Gasteiger partial charge in [-0.25, -0.2) is 9.97 Å². The molecular weight excluding hydrogens is 264 g/mol. The van der Waals surface area contributed by atoms with E-state index in [9.17, 15) is 0 Å². The Morgan fingerprint density at radius 2 is 2.32 bits per heavy atom. The summed E-state index contributed by atoms with van der Waals surface area (Å²) < 4.78 is 5.36. The molecule has 19 heavy (non-hydrogen) atoms.